The van der Waals surface area contributed by atoms with Crippen molar-refractivity contribution in [2.75, 3.05) is 26.8 Å². The van der Waals surface area contributed by atoms with E-state index >= 15 is 0 Å². The first-order valence-corrected chi connectivity index (χ1v) is 5.88. The fourth-order valence-electron chi connectivity index (χ4n) is 1.72. The van der Waals surface area contributed by atoms with Crippen LogP contribution < -0.4 is 10.6 Å². The van der Waals surface area contributed by atoms with Crippen LogP contribution in [0, 0.1) is 0 Å². The molecule has 4 nitrogen and oxygen atoms in total. The lowest BCUT2D eigenvalue weighted by molar-refractivity contribution is -0.118. The summed E-state index contributed by atoms with van der Waals surface area (Å²) in [5, 5.41) is 6.16. The molecule has 92 valence electrons. The van der Waals surface area contributed by atoms with Gasteiger partial charge in [-0.25, -0.2) is 0 Å². The van der Waals surface area contributed by atoms with Crippen LogP contribution in [0.15, 0.2) is 11.1 Å². The average molecular weight is 226 g/mol. The van der Waals surface area contributed by atoms with Gasteiger partial charge < -0.3 is 15.4 Å². The molecule has 4 heteroatoms. The van der Waals surface area contributed by atoms with E-state index in [0.29, 0.717) is 6.61 Å². The summed E-state index contributed by atoms with van der Waals surface area (Å²) in [6.07, 6.45) is 2.01. The molecule has 0 aliphatic carbocycles. The molecule has 1 rings (SSSR count). The number of methoxy groups -OCH3 is 1. The van der Waals surface area contributed by atoms with Crippen LogP contribution >= 0.6 is 0 Å². The molecule has 1 saturated heterocycles. The van der Waals surface area contributed by atoms with Crippen LogP contribution in [0.1, 0.15) is 26.7 Å². The molecule has 0 saturated carbocycles. The second-order valence-electron chi connectivity index (χ2n) is 4.25. The normalized spacial score (nSPS) is 16.6. The zero-order valence-electron chi connectivity index (χ0n) is 10.4. The molecule has 0 bridgehead atoms. The van der Waals surface area contributed by atoms with Gasteiger partial charge in [0.2, 0.25) is 5.91 Å². The third kappa shape index (κ3) is 3.61. The Morgan fingerprint density at radius 2 is 2.25 bits per heavy atom. The molecule has 0 aromatic heterocycles. The molecule has 0 radical (unpaired) electrons. The maximum absolute atomic E-state index is 11.9. The van der Waals surface area contributed by atoms with Crippen molar-refractivity contribution in [1.29, 1.82) is 0 Å². The van der Waals surface area contributed by atoms with E-state index in [1.165, 1.54) is 5.57 Å². The number of carbonyl (C=O) groups is 1. The minimum absolute atomic E-state index is 0.0481. The molecule has 1 heterocycles. The Kier molecular flexibility index (Phi) is 5.49. The monoisotopic (exact) mass is 226 g/mol. The molecule has 0 aromatic carbocycles. The Morgan fingerprint density at radius 1 is 1.56 bits per heavy atom. The van der Waals surface area contributed by atoms with Crippen molar-refractivity contribution in [2.45, 2.75) is 32.7 Å². The highest BCUT2D eigenvalue weighted by Crippen LogP contribution is 2.09. The molecule has 0 spiro atoms. The summed E-state index contributed by atoms with van der Waals surface area (Å²) in [4.78, 5) is 11.9. The second kappa shape index (κ2) is 6.66. The predicted molar refractivity (Wildman–Crippen MR) is 64.3 cm³/mol. The van der Waals surface area contributed by atoms with Crippen LogP contribution in [0.2, 0.25) is 0 Å². The van der Waals surface area contributed by atoms with E-state index in [1.54, 1.807) is 7.11 Å². The Bertz CT molecular complexity index is 262. The van der Waals surface area contributed by atoms with Gasteiger partial charge in [-0.05, 0) is 18.9 Å². The van der Waals surface area contributed by atoms with Gasteiger partial charge in [-0.15, -0.1) is 0 Å². The molecular formula is C12H22N2O2. The van der Waals surface area contributed by atoms with Crippen LogP contribution in [-0.4, -0.2) is 38.8 Å². The van der Waals surface area contributed by atoms with E-state index in [1.807, 2.05) is 6.92 Å². The quantitative estimate of drug-likeness (QED) is 0.660. The number of nitrogens with one attached hydrogen (secondary N) is 2. The van der Waals surface area contributed by atoms with Crippen molar-refractivity contribution in [2.24, 2.45) is 0 Å². The zero-order valence-corrected chi connectivity index (χ0v) is 10.4. The second-order valence-corrected chi connectivity index (χ2v) is 4.25. The van der Waals surface area contributed by atoms with Crippen molar-refractivity contribution in [3.63, 3.8) is 0 Å². The van der Waals surface area contributed by atoms with Crippen molar-refractivity contribution < 1.29 is 9.53 Å². The molecule has 16 heavy (non-hydrogen) atoms. The maximum Gasteiger partial charge on any atom is 0.247 e. The highest BCUT2D eigenvalue weighted by Gasteiger charge is 2.18. The molecule has 0 aromatic rings. The zero-order chi connectivity index (χ0) is 12.0. The van der Waals surface area contributed by atoms with Gasteiger partial charge in [-0.2, -0.15) is 0 Å². The van der Waals surface area contributed by atoms with Gasteiger partial charge in [-0.1, -0.05) is 13.3 Å². The Labute approximate surface area is 97.4 Å². The minimum Gasteiger partial charge on any atom is -0.383 e. The predicted octanol–water partition coefficient (Wildman–Crippen LogP) is 0.837. The number of carbonyl (C=O) groups excluding carboxylic acids is 1. The van der Waals surface area contributed by atoms with Crippen LogP contribution in [0.4, 0.5) is 0 Å². The number of ether oxygens (including phenoxy) is 1. The van der Waals surface area contributed by atoms with Crippen LogP contribution in [0.25, 0.3) is 0 Å². The average Bonchev–Trinajstić information content (AvgIpc) is 2.15. The number of amides is 1. The number of rotatable bonds is 6. The first-order chi connectivity index (χ1) is 7.69. The molecule has 1 fully saturated rings. The van der Waals surface area contributed by atoms with E-state index in [9.17, 15) is 4.79 Å². The largest absolute Gasteiger partial charge is 0.383 e. The summed E-state index contributed by atoms with van der Waals surface area (Å²) < 4.78 is 5.09. The van der Waals surface area contributed by atoms with Crippen molar-refractivity contribution in [3.8, 4) is 0 Å². The minimum atomic E-state index is 0.0481. The Balaban J connectivity index is 2.47. The van der Waals surface area contributed by atoms with Crippen LogP contribution in [0.5, 0.6) is 0 Å². The standard InChI is InChI=1S/C12H22N2O2/c1-4-5-11(8-16-3)14-12(15)9(2)10-6-13-7-10/h11,13H,4-8H2,1-3H3,(H,14,15). The van der Waals surface area contributed by atoms with Gasteiger partial charge in [-0.3, -0.25) is 4.79 Å². The highest BCUT2D eigenvalue weighted by atomic mass is 16.5. The summed E-state index contributed by atoms with van der Waals surface area (Å²) in [5.41, 5.74) is 2.07. The summed E-state index contributed by atoms with van der Waals surface area (Å²) in [6.45, 7) is 6.28. The van der Waals surface area contributed by atoms with Crippen molar-refractivity contribution >= 4 is 5.91 Å². The van der Waals surface area contributed by atoms with Crippen LogP contribution in [0.3, 0.4) is 0 Å². The summed E-state index contributed by atoms with van der Waals surface area (Å²) in [5.74, 6) is 0.0481. The molecule has 1 aliphatic heterocycles. The Morgan fingerprint density at radius 3 is 2.69 bits per heavy atom. The summed E-state index contributed by atoms with van der Waals surface area (Å²) in [7, 11) is 1.66. The fraction of sp³-hybridized carbons (Fsp3) is 0.750. The molecule has 2 N–H and O–H groups in total. The maximum atomic E-state index is 11.9. The molecule has 1 amide bonds. The lowest BCUT2D eigenvalue weighted by Crippen LogP contribution is -2.41. The summed E-state index contributed by atoms with van der Waals surface area (Å²) >= 11 is 0. The molecule has 1 aliphatic rings. The third-order valence-corrected chi connectivity index (χ3v) is 2.89. The van der Waals surface area contributed by atoms with E-state index in [-0.39, 0.29) is 11.9 Å². The van der Waals surface area contributed by atoms with E-state index in [4.69, 9.17) is 4.74 Å². The SMILES string of the molecule is CCCC(COC)NC(=O)C(C)=C1CNC1. The van der Waals surface area contributed by atoms with Gasteiger partial charge in [0.1, 0.15) is 0 Å². The topological polar surface area (TPSA) is 50.4 Å². The van der Waals surface area contributed by atoms with Crippen molar-refractivity contribution in [3.05, 3.63) is 11.1 Å². The number of hydrogen-bond donors (Lipinski definition) is 2. The van der Waals surface area contributed by atoms with Gasteiger partial charge in [0, 0.05) is 25.8 Å². The van der Waals surface area contributed by atoms with E-state index in [2.05, 4.69) is 17.6 Å². The molecule has 1 unspecified atom stereocenters. The fourth-order valence-corrected chi connectivity index (χ4v) is 1.72. The van der Waals surface area contributed by atoms with Crippen LogP contribution in [-0.2, 0) is 9.53 Å². The third-order valence-electron chi connectivity index (χ3n) is 2.89. The van der Waals surface area contributed by atoms with E-state index in [0.717, 1.165) is 31.5 Å². The first-order valence-electron chi connectivity index (χ1n) is 5.88. The molecule has 1 atom stereocenters. The molecular weight excluding hydrogens is 204 g/mol. The summed E-state index contributed by atoms with van der Waals surface area (Å²) in [6, 6.07) is 0.131. The highest BCUT2D eigenvalue weighted by molar-refractivity contribution is 5.94. The van der Waals surface area contributed by atoms with Crippen molar-refractivity contribution in [1.82, 2.24) is 10.6 Å². The first kappa shape index (κ1) is 13.2. The van der Waals surface area contributed by atoms with E-state index < -0.39 is 0 Å². The van der Waals surface area contributed by atoms with Gasteiger partial charge in [0.05, 0.1) is 12.6 Å². The van der Waals surface area contributed by atoms with Gasteiger partial charge in [0.15, 0.2) is 0 Å². The number of hydrogen-bond acceptors (Lipinski definition) is 3. The lowest BCUT2D eigenvalue weighted by Gasteiger charge is -2.23. The lowest BCUT2D eigenvalue weighted by atomic mass is 10.0. The van der Waals surface area contributed by atoms with Gasteiger partial charge in [0.25, 0.3) is 0 Å². The van der Waals surface area contributed by atoms with Gasteiger partial charge >= 0.3 is 0 Å². The Hall–Kier alpha value is -0.870. The smallest absolute Gasteiger partial charge is 0.247 e.